The lowest BCUT2D eigenvalue weighted by molar-refractivity contribution is -0.145. The van der Waals surface area contributed by atoms with Gasteiger partial charge in [-0.2, -0.15) is 23.5 Å². The molecular weight excluding hydrogens is 298 g/mol. The van der Waals surface area contributed by atoms with Crippen LogP contribution in [-0.4, -0.2) is 58.7 Å². The zero-order valence-electron chi connectivity index (χ0n) is 11.4. The van der Waals surface area contributed by atoms with Crippen LogP contribution in [0, 0.1) is 5.92 Å². The van der Waals surface area contributed by atoms with Crippen LogP contribution in [0.1, 0.15) is 19.3 Å². The van der Waals surface area contributed by atoms with Gasteiger partial charge in [0.1, 0.15) is 6.04 Å². The summed E-state index contributed by atoms with van der Waals surface area (Å²) < 4.78 is 5.32. The fourth-order valence-corrected chi connectivity index (χ4v) is 5.18. The van der Waals surface area contributed by atoms with Gasteiger partial charge in [0.15, 0.2) is 0 Å². The first kappa shape index (κ1) is 16.0. The van der Waals surface area contributed by atoms with Crippen molar-refractivity contribution < 1.29 is 19.4 Å². The fourth-order valence-electron chi connectivity index (χ4n) is 2.50. The molecule has 0 spiro atoms. The molecule has 0 aromatic heterocycles. The van der Waals surface area contributed by atoms with E-state index in [0.717, 1.165) is 30.1 Å². The van der Waals surface area contributed by atoms with Gasteiger partial charge in [0.25, 0.3) is 0 Å². The number of carboxylic acid groups (broad SMARTS) is 1. The second-order valence-electron chi connectivity index (χ2n) is 5.13. The molecule has 0 bridgehead atoms. The molecule has 2 N–H and O–H groups in total. The van der Waals surface area contributed by atoms with Crippen LogP contribution in [0.15, 0.2) is 0 Å². The van der Waals surface area contributed by atoms with Gasteiger partial charge < -0.3 is 15.2 Å². The Balaban J connectivity index is 1.83. The minimum atomic E-state index is -0.959. The van der Waals surface area contributed by atoms with Gasteiger partial charge in [-0.15, -0.1) is 0 Å². The number of carbonyl (C=O) groups is 2. The van der Waals surface area contributed by atoms with Crippen molar-refractivity contribution in [3.8, 4) is 0 Å². The lowest BCUT2D eigenvalue weighted by Crippen LogP contribution is -2.49. The summed E-state index contributed by atoms with van der Waals surface area (Å²) in [7, 11) is 0. The normalized spacial score (nSPS) is 28.6. The lowest BCUT2D eigenvalue weighted by Gasteiger charge is -2.28. The molecule has 2 saturated heterocycles. The van der Waals surface area contributed by atoms with E-state index in [1.165, 1.54) is 0 Å². The summed E-state index contributed by atoms with van der Waals surface area (Å²) >= 11 is 3.67. The fraction of sp³-hybridized carbons (Fsp3) is 0.846. The van der Waals surface area contributed by atoms with E-state index in [2.05, 4.69) is 5.32 Å². The van der Waals surface area contributed by atoms with Crippen LogP contribution in [0.4, 0.5) is 0 Å². The Morgan fingerprint density at radius 1 is 1.40 bits per heavy atom. The van der Waals surface area contributed by atoms with Crippen molar-refractivity contribution in [1.82, 2.24) is 5.32 Å². The Hall–Kier alpha value is -0.400. The molecule has 2 fully saturated rings. The summed E-state index contributed by atoms with van der Waals surface area (Å²) in [6.07, 6.45) is 2.07. The molecule has 7 heteroatoms. The average Bonchev–Trinajstić information content (AvgIpc) is 2.46. The van der Waals surface area contributed by atoms with Gasteiger partial charge in [-0.1, -0.05) is 0 Å². The molecule has 114 valence electrons. The van der Waals surface area contributed by atoms with Crippen molar-refractivity contribution in [2.45, 2.75) is 30.6 Å². The molecule has 3 atom stereocenters. The van der Waals surface area contributed by atoms with Crippen LogP contribution in [0.25, 0.3) is 0 Å². The third-order valence-corrected chi connectivity index (χ3v) is 6.39. The molecular formula is C13H21NO4S2. The molecule has 5 nitrogen and oxygen atoms in total. The number of hydrogen-bond acceptors (Lipinski definition) is 5. The van der Waals surface area contributed by atoms with E-state index in [0.29, 0.717) is 24.9 Å². The van der Waals surface area contributed by atoms with Crippen LogP contribution in [0.2, 0.25) is 0 Å². The van der Waals surface area contributed by atoms with Crippen LogP contribution in [-0.2, 0) is 14.3 Å². The highest BCUT2D eigenvalue weighted by molar-refractivity contribution is 8.06. The van der Waals surface area contributed by atoms with E-state index in [1.807, 2.05) is 23.5 Å². The van der Waals surface area contributed by atoms with Gasteiger partial charge >= 0.3 is 5.97 Å². The summed E-state index contributed by atoms with van der Waals surface area (Å²) in [5.41, 5.74) is 0. The van der Waals surface area contributed by atoms with Gasteiger partial charge in [0.05, 0.1) is 6.61 Å². The van der Waals surface area contributed by atoms with Gasteiger partial charge in [-0.05, 0) is 12.8 Å². The Morgan fingerprint density at radius 2 is 2.25 bits per heavy atom. The van der Waals surface area contributed by atoms with Crippen molar-refractivity contribution in [1.29, 1.82) is 0 Å². The van der Waals surface area contributed by atoms with Crippen LogP contribution >= 0.6 is 23.5 Å². The van der Waals surface area contributed by atoms with Crippen LogP contribution in [0.5, 0.6) is 0 Å². The van der Waals surface area contributed by atoms with E-state index in [9.17, 15) is 14.7 Å². The first-order valence-corrected chi connectivity index (χ1v) is 9.16. The van der Waals surface area contributed by atoms with Gasteiger partial charge in [-0.25, -0.2) is 4.79 Å². The van der Waals surface area contributed by atoms with E-state index in [1.54, 1.807) is 0 Å². The number of nitrogens with one attached hydrogen (secondary N) is 1. The Morgan fingerprint density at radius 3 is 2.85 bits per heavy atom. The number of carboxylic acids is 1. The summed E-state index contributed by atoms with van der Waals surface area (Å²) in [5, 5.41) is 12.3. The molecule has 2 aliphatic rings. The molecule has 2 aliphatic heterocycles. The molecule has 0 saturated carbocycles. The SMILES string of the molecule is O=C(CC1CSCCS1)NC(C(=O)O)C1CCCOC1. The standard InChI is InChI=1S/C13H21NO4S2/c15-11(6-10-8-19-4-5-20-10)14-12(13(16)17)9-2-1-3-18-7-9/h9-10,12H,1-8H2,(H,14,15)(H,16,17). The second kappa shape index (κ2) is 8.14. The van der Waals surface area contributed by atoms with Gasteiger partial charge in [0.2, 0.25) is 5.91 Å². The molecule has 0 aromatic carbocycles. The lowest BCUT2D eigenvalue weighted by atomic mass is 9.93. The topological polar surface area (TPSA) is 75.6 Å². The largest absolute Gasteiger partial charge is 0.480 e. The number of hydrogen-bond donors (Lipinski definition) is 2. The summed E-state index contributed by atoms with van der Waals surface area (Å²) in [6.45, 7) is 1.11. The Labute approximate surface area is 127 Å². The molecule has 0 radical (unpaired) electrons. The molecule has 0 aliphatic carbocycles. The highest BCUT2D eigenvalue weighted by Gasteiger charge is 2.32. The average molecular weight is 319 g/mol. The smallest absolute Gasteiger partial charge is 0.326 e. The number of rotatable bonds is 5. The monoisotopic (exact) mass is 319 g/mol. The molecule has 2 heterocycles. The highest BCUT2D eigenvalue weighted by atomic mass is 32.2. The van der Waals surface area contributed by atoms with Crippen molar-refractivity contribution in [2.75, 3.05) is 30.5 Å². The maximum atomic E-state index is 12.0. The Bertz CT molecular complexity index is 341. The van der Waals surface area contributed by atoms with Gasteiger partial charge in [0, 0.05) is 41.5 Å². The third-order valence-electron chi connectivity index (χ3n) is 3.55. The maximum absolute atomic E-state index is 12.0. The predicted octanol–water partition coefficient (Wildman–Crippen LogP) is 1.22. The van der Waals surface area contributed by atoms with E-state index >= 15 is 0 Å². The summed E-state index contributed by atoms with van der Waals surface area (Å²) in [6, 6.07) is -0.816. The first-order valence-electron chi connectivity index (χ1n) is 6.96. The number of carbonyl (C=O) groups excluding carboxylic acids is 1. The van der Waals surface area contributed by atoms with Crippen LogP contribution < -0.4 is 5.32 Å². The van der Waals surface area contributed by atoms with Crippen molar-refractivity contribution in [3.05, 3.63) is 0 Å². The molecule has 0 aromatic rings. The molecule has 20 heavy (non-hydrogen) atoms. The minimum Gasteiger partial charge on any atom is -0.480 e. The van der Waals surface area contributed by atoms with Crippen molar-refractivity contribution in [2.24, 2.45) is 5.92 Å². The summed E-state index contributed by atoms with van der Waals surface area (Å²) in [5.74, 6) is 1.96. The number of amides is 1. The third kappa shape index (κ3) is 4.86. The van der Waals surface area contributed by atoms with Gasteiger partial charge in [-0.3, -0.25) is 4.79 Å². The maximum Gasteiger partial charge on any atom is 0.326 e. The number of thioether (sulfide) groups is 2. The van der Waals surface area contributed by atoms with E-state index < -0.39 is 12.0 Å². The molecule has 1 amide bonds. The van der Waals surface area contributed by atoms with E-state index in [4.69, 9.17) is 4.74 Å². The van der Waals surface area contributed by atoms with Crippen molar-refractivity contribution >= 4 is 35.4 Å². The Kier molecular flexibility index (Phi) is 6.51. The predicted molar refractivity (Wildman–Crippen MR) is 81.3 cm³/mol. The van der Waals surface area contributed by atoms with Crippen molar-refractivity contribution in [3.63, 3.8) is 0 Å². The minimum absolute atomic E-state index is 0.112. The van der Waals surface area contributed by atoms with E-state index in [-0.39, 0.29) is 11.8 Å². The molecule has 3 unspecified atom stereocenters. The quantitative estimate of drug-likeness (QED) is 0.793. The van der Waals surface area contributed by atoms with Crippen LogP contribution in [0.3, 0.4) is 0 Å². The zero-order valence-corrected chi connectivity index (χ0v) is 13.0. The second-order valence-corrected chi connectivity index (χ2v) is 7.69. The first-order chi connectivity index (χ1) is 9.66. The number of ether oxygens (including phenoxy) is 1. The highest BCUT2D eigenvalue weighted by Crippen LogP contribution is 2.26. The summed E-state index contributed by atoms with van der Waals surface area (Å²) in [4.78, 5) is 23.4. The molecule has 2 rings (SSSR count). The number of aliphatic carboxylic acids is 1. The zero-order chi connectivity index (χ0) is 14.4.